The van der Waals surface area contributed by atoms with Crippen LogP contribution in [0.25, 0.3) is 0 Å². The molecule has 1 aliphatic carbocycles. The van der Waals surface area contributed by atoms with Gasteiger partial charge >= 0.3 is 5.97 Å². The first-order valence-electron chi connectivity index (χ1n) is 15.7. The number of hydrogen-bond acceptors (Lipinski definition) is 4. The Hall–Kier alpha value is -0.696. The lowest BCUT2D eigenvalue weighted by Crippen LogP contribution is -2.45. The predicted octanol–water partition coefficient (Wildman–Crippen LogP) is 10.2. The molecule has 1 rings (SSSR count). The SMILES string of the molecule is CCCCCCC=C[C@@H]1[C@@H](CC=CCCCC(=O)OC)[C@@H](O[Si](C)(C)C(C)(C)C)C[C@H]1O[Si](C)(C)C(C)(C)C. The van der Waals surface area contributed by atoms with Crippen LogP contribution in [0.2, 0.25) is 36.3 Å². The van der Waals surface area contributed by atoms with Crippen molar-refractivity contribution < 1.29 is 18.4 Å². The Morgan fingerprint density at radius 2 is 1.36 bits per heavy atom. The van der Waals surface area contributed by atoms with Crippen molar-refractivity contribution in [2.75, 3.05) is 7.11 Å². The van der Waals surface area contributed by atoms with Crippen molar-refractivity contribution in [3.8, 4) is 0 Å². The fourth-order valence-corrected chi connectivity index (χ4v) is 7.56. The van der Waals surface area contributed by atoms with E-state index in [1.807, 2.05) is 0 Å². The van der Waals surface area contributed by atoms with Crippen LogP contribution in [-0.4, -0.2) is 41.9 Å². The Morgan fingerprint density at radius 1 is 0.795 bits per heavy atom. The van der Waals surface area contributed by atoms with E-state index in [1.165, 1.54) is 32.8 Å². The van der Waals surface area contributed by atoms with Gasteiger partial charge in [-0.15, -0.1) is 0 Å². The average Bonchev–Trinajstić information content (AvgIpc) is 3.10. The number of hydrogen-bond donors (Lipinski definition) is 0. The first-order valence-corrected chi connectivity index (χ1v) is 21.5. The molecule has 0 aliphatic heterocycles. The van der Waals surface area contributed by atoms with Crippen LogP contribution in [0.1, 0.15) is 113 Å². The van der Waals surface area contributed by atoms with E-state index in [2.05, 4.69) is 99.0 Å². The first kappa shape index (κ1) is 36.3. The molecule has 39 heavy (non-hydrogen) atoms. The second-order valence-electron chi connectivity index (χ2n) is 14.8. The summed E-state index contributed by atoms with van der Waals surface area (Å²) in [5, 5.41) is 0.346. The summed E-state index contributed by atoms with van der Waals surface area (Å²) in [7, 11) is -2.42. The Labute approximate surface area is 245 Å². The third kappa shape index (κ3) is 12.0. The van der Waals surface area contributed by atoms with Crippen LogP contribution in [0.5, 0.6) is 0 Å². The van der Waals surface area contributed by atoms with Gasteiger partial charge in [-0.25, -0.2) is 0 Å². The van der Waals surface area contributed by atoms with E-state index in [4.69, 9.17) is 13.6 Å². The normalized spacial score (nSPS) is 23.3. The summed E-state index contributed by atoms with van der Waals surface area (Å²) in [5.41, 5.74) is 0. The van der Waals surface area contributed by atoms with Crippen molar-refractivity contribution >= 4 is 22.6 Å². The zero-order valence-corrected chi connectivity index (χ0v) is 29.8. The maximum Gasteiger partial charge on any atom is 0.305 e. The van der Waals surface area contributed by atoms with E-state index in [0.29, 0.717) is 18.3 Å². The zero-order chi connectivity index (χ0) is 29.9. The summed E-state index contributed by atoms with van der Waals surface area (Å²) in [6, 6.07) is 0. The lowest BCUT2D eigenvalue weighted by atomic mass is 9.89. The van der Waals surface area contributed by atoms with E-state index in [9.17, 15) is 4.79 Å². The third-order valence-corrected chi connectivity index (χ3v) is 18.5. The van der Waals surface area contributed by atoms with Gasteiger partial charge in [0.05, 0.1) is 19.3 Å². The van der Waals surface area contributed by atoms with Crippen molar-refractivity contribution in [1.82, 2.24) is 0 Å². The van der Waals surface area contributed by atoms with Gasteiger partial charge in [-0.05, 0) is 80.7 Å². The number of allylic oxidation sites excluding steroid dienone is 3. The molecule has 0 spiro atoms. The summed E-state index contributed by atoms with van der Waals surface area (Å²) in [4.78, 5) is 11.5. The number of ether oxygens (including phenoxy) is 1. The van der Waals surface area contributed by atoms with Gasteiger partial charge in [-0.3, -0.25) is 4.79 Å². The highest BCUT2D eigenvalue weighted by molar-refractivity contribution is 6.74. The molecule has 0 amide bonds. The summed E-state index contributed by atoms with van der Waals surface area (Å²) < 4.78 is 19.1. The topological polar surface area (TPSA) is 44.8 Å². The molecular weight excluding hydrogens is 517 g/mol. The van der Waals surface area contributed by atoms with E-state index in [-0.39, 0.29) is 28.3 Å². The van der Waals surface area contributed by atoms with E-state index in [0.717, 1.165) is 32.1 Å². The molecule has 1 saturated carbocycles. The first-order chi connectivity index (χ1) is 18.0. The molecule has 0 bridgehead atoms. The Morgan fingerprint density at radius 3 is 1.90 bits per heavy atom. The standard InChI is InChI=1S/C33H64O4Si2/c1-13-14-15-16-17-20-23-27-28(24-21-18-19-22-25-31(34)35-8)30(37-39(11,12)33(5,6)7)26-29(27)36-38(9,10)32(2,3)4/h18,20-21,23,27-30H,13-17,19,22,24-26H2,1-12H3/t27-,28-,29-,30+/m1/s1. The van der Waals surface area contributed by atoms with Crippen molar-refractivity contribution in [1.29, 1.82) is 0 Å². The number of rotatable bonds is 16. The maximum absolute atomic E-state index is 11.5. The van der Waals surface area contributed by atoms with Crippen molar-refractivity contribution in [3.63, 3.8) is 0 Å². The number of carbonyl (C=O) groups excluding carboxylic acids is 1. The van der Waals surface area contributed by atoms with Gasteiger partial charge in [0.15, 0.2) is 16.6 Å². The Kier molecular flexibility index (Phi) is 15.0. The molecule has 4 nitrogen and oxygen atoms in total. The molecule has 0 aromatic heterocycles. The minimum atomic E-state index is -1.94. The number of esters is 1. The summed E-state index contributed by atoms with van der Waals surface area (Å²) in [6.45, 7) is 25.8. The molecule has 1 fully saturated rings. The minimum Gasteiger partial charge on any atom is -0.469 e. The maximum atomic E-state index is 11.5. The molecule has 1 aliphatic rings. The summed E-state index contributed by atoms with van der Waals surface area (Å²) in [6.07, 6.45) is 20.4. The van der Waals surface area contributed by atoms with Crippen molar-refractivity contribution in [2.24, 2.45) is 11.8 Å². The van der Waals surface area contributed by atoms with Crippen LogP contribution in [0, 0.1) is 11.8 Å². The van der Waals surface area contributed by atoms with Gasteiger partial charge in [0.2, 0.25) is 0 Å². The molecule has 0 aromatic carbocycles. The van der Waals surface area contributed by atoms with Gasteiger partial charge in [-0.2, -0.15) is 0 Å². The predicted molar refractivity (Wildman–Crippen MR) is 173 cm³/mol. The van der Waals surface area contributed by atoms with Crippen LogP contribution in [0.15, 0.2) is 24.3 Å². The highest BCUT2D eigenvalue weighted by Crippen LogP contribution is 2.47. The van der Waals surface area contributed by atoms with Gasteiger partial charge < -0.3 is 13.6 Å². The minimum absolute atomic E-state index is 0.128. The number of carbonyl (C=O) groups is 1. The number of unbranched alkanes of at least 4 members (excludes halogenated alkanes) is 5. The molecular formula is C33H64O4Si2. The van der Waals surface area contributed by atoms with Gasteiger partial charge in [0.25, 0.3) is 0 Å². The molecule has 0 heterocycles. The molecule has 0 radical (unpaired) electrons. The van der Waals surface area contributed by atoms with E-state index in [1.54, 1.807) is 0 Å². The Balaban J connectivity index is 3.23. The molecule has 4 atom stereocenters. The van der Waals surface area contributed by atoms with Crippen LogP contribution < -0.4 is 0 Å². The highest BCUT2D eigenvalue weighted by Gasteiger charge is 2.50. The lowest BCUT2D eigenvalue weighted by Gasteiger charge is -2.40. The van der Waals surface area contributed by atoms with E-state index < -0.39 is 16.6 Å². The van der Waals surface area contributed by atoms with E-state index >= 15 is 0 Å². The molecule has 0 aromatic rings. The van der Waals surface area contributed by atoms with Gasteiger partial charge in [0.1, 0.15) is 0 Å². The fraction of sp³-hybridized carbons (Fsp3) is 0.848. The second kappa shape index (κ2) is 16.1. The lowest BCUT2D eigenvalue weighted by molar-refractivity contribution is -0.140. The molecule has 0 N–H and O–H groups in total. The average molecular weight is 581 g/mol. The second-order valence-corrected chi connectivity index (χ2v) is 24.3. The zero-order valence-electron chi connectivity index (χ0n) is 27.8. The summed E-state index contributed by atoms with van der Waals surface area (Å²) in [5.74, 6) is 0.634. The number of methoxy groups -OCH3 is 1. The molecule has 6 heteroatoms. The van der Waals surface area contributed by atoms with Crippen molar-refractivity contribution in [2.45, 2.75) is 161 Å². The molecule has 228 valence electrons. The smallest absolute Gasteiger partial charge is 0.305 e. The monoisotopic (exact) mass is 580 g/mol. The van der Waals surface area contributed by atoms with Crippen LogP contribution >= 0.6 is 0 Å². The molecule has 0 saturated heterocycles. The van der Waals surface area contributed by atoms with Crippen LogP contribution in [0.4, 0.5) is 0 Å². The fourth-order valence-electron chi connectivity index (χ4n) is 4.81. The third-order valence-electron chi connectivity index (χ3n) is 9.51. The summed E-state index contributed by atoms with van der Waals surface area (Å²) >= 11 is 0. The molecule has 0 unspecified atom stereocenters. The van der Waals surface area contributed by atoms with Crippen LogP contribution in [-0.2, 0) is 18.4 Å². The van der Waals surface area contributed by atoms with Crippen molar-refractivity contribution in [3.05, 3.63) is 24.3 Å². The largest absolute Gasteiger partial charge is 0.469 e. The quantitative estimate of drug-likeness (QED) is 0.0788. The van der Waals surface area contributed by atoms with Gasteiger partial charge in [0, 0.05) is 12.3 Å². The van der Waals surface area contributed by atoms with Gasteiger partial charge in [-0.1, -0.05) is 92.0 Å². The Bertz CT molecular complexity index is 774. The highest BCUT2D eigenvalue weighted by atomic mass is 28.4. The van der Waals surface area contributed by atoms with Crippen LogP contribution in [0.3, 0.4) is 0 Å².